The number of halogens is 3. The van der Waals surface area contributed by atoms with Crippen LogP contribution in [0.5, 0.6) is 0 Å². The Labute approximate surface area is 97.6 Å². The Bertz CT molecular complexity index is 415. The molecule has 0 N–H and O–H groups in total. The first-order valence-electron chi connectivity index (χ1n) is 5.53. The number of carbonyl (C=O) groups excluding carboxylic acids is 1. The van der Waals surface area contributed by atoms with E-state index in [-0.39, 0.29) is 18.8 Å². The van der Waals surface area contributed by atoms with Gasteiger partial charge in [0.15, 0.2) is 0 Å². The van der Waals surface area contributed by atoms with Crippen molar-refractivity contribution in [2.24, 2.45) is 0 Å². The van der Waals surface area contributed by atoms with Gasteiger partial charge in [-0.15, -0.1) is 0 Å². The molecule has 1 fully saturated rings. The molecular weight excluding hydrogens is 229 g/mol. The fourth-order valence-corrected chi connectivity index (χ4v) is 2.05. The standard InChI is InChI=1S/C13H13F3O/c1-9(8-17)10-2-4-11(5-3-10)12(6-7-12)13(14,15)16/h2-5,8-9H,6-7H2,1H3. The monoisotopic (exact) mass is 242 g/mol. The minimum absolute atomic E-state index is 0.166. The molecular formula is C13H13F3O. The maximum atomic E-state index is 12.9. The van der Waals surface area contributed by atoms with Crippen LogP contribution in [0.1, 0.15) is 36.8 Å². The van der Waals surface area contributed by atoms with Gasteiger partial charge in [-0.05, 0) is 24.0 Å². The van der Waals surface area contributed by atoms with Gasteiger partial charge in [0.05, 0.1) is 5.41 Å². The van der Waals surface area contributed by atoms with Gasteiger partial charge in [-0.1, -0.05) is 31.2 Å². The number of hydrogen-bond donors (Lipinski definition) is 0. The Morgan fingerprint density at radius 1 is 1.24 bits per heavy atom. The molecule has 1 saturated carbocycles. The van der Waals surface area contributed by atoms with Crippen molar-refractivity contribution in [3.05, 3.63) is 35.4 Å². The van der Waals surface area contributed by atoms with Crippen LogP contribution in [0.4, 0.5) is 13.2 Å². The molecule has 0 saturated heterocycles. The molecule has 0 amide bonds. The first kappa shape index (κ1) is 12.1. The number of rotatable bonds is 3. The molecule has 1 nitrogen and oxygen atoms in total. The highest BCUT2D eigenvalue weighted by molar-refractivity contribution is 5.61. The van der Waals surface area contributed by atoms with E-state index in [4.69, 9.17) is 0 Å². The van der Waals surface area contributed by atoms with Crippen molar-refractivity contribution in [3.8, 4) is 0 Å². The van der Waals surface area contributed by atoms with Crippen LogP contribution >= 0.6 is 0 Å². The van der Waals surface area contributed by atoms with Crippen LogP contribution in [0.3, 0.4) is 0 Å². The number of hydrogen-bond acceptors (Lipinski definition) is 1. The van der Waals surface area contributed by atoms with Crippen molar-refractivity contribution in [2.45, 2.75) is 37.3 Å². The Hall–Kier alpha value is -1.32. The van der Waals surface area contributed by atoms with Gasteiger partial charge in [-0.25, -0.2) is 0 Å². The highest BCUT2D eigenvalue weighted by Gasteiger charge is 2.64. The molecule has 0 spiro atoms. The lowest BCUT2D eigenvalue weighted by Gasteiger charge is -2.20. The Morgan fingerprint density at radius 3 is 2.12 bits per heavy atom. The minimum Gasteiger partial charge on any atom is -0.303 e. The van der Waals surface area contributed by atoms with E-state index in [2.05, 4.69) is 0 Å². The van der Waals surface area contributed by atoms with Crippen molar-refractivity contribution in [1.82, 2.24) is 0 Å². The molecule has 0 radical (unpaired) electrons. The maximum absolute atomic E-state index is 12.9. The molecule has 1 unspecified atom stereocenters. The second-order valence-electron chi connectivity index (χ2n) is 4.63. The minimum atomic E-state index is -4.18. The van der Waals surface area contributed by atoms with E-state index in [1.807, 2.05) is 0 Å². The van der Waals surface area contributed by atoms with Crippen LogP contribution in [-0.2, 0) is 10.2 Å². The quantitative estimate of drug-likeness (QED) is 0.740. The summed E-state index contributed by atoms with van der Waals surface area (Å²) in [6.45, 7) is 1.72. The summed E-state index contributed by atoms with van der Waals surface area (Å²) in [7, 11) is 0. The summed E-state index contributed by atoms with van der Waals surface area (Å²) in [5.41, 5.74) is -0.566. The van der Waals surface area contributed by atoms with Gasteiger partial charge in [0.2, 0.25) is 0 Å². The average Bonchev–Trinajstić information content (AvgIpc) is 3.08. The van der Waals surface area contributed by atoms with Crippen LogP contribution in [-0.4, -0.2) is 12.5 Å². The molecule has 0 aliphatic heterocycles. The molecule has 17 heavy (non-hydrogen) atoms. The SMILES string of the molecule is CC(C=O)c1ccc(C2(C(F)(F)F)CC2)cc1. The predicted octanol–water partition coefficient (Wildman–Crippen LogP) is 3.58. The smallest absolute Gasteiger partial charge is 0.303 e. The Morgan fingerprint density at radius 2 is 1.76 bits per heavy atom. The van der Waals surface area contributed by atoms with Crippen molar-refractivity contribution >= 4 is 6.29 Å². The van der Waals surface area contributed by atoms with Crippen molar-refractivity contribution in [1.29, 1.82) is 0 Å². The molecule has 0 heterocycles. The summed E-state index contributed by atoms with van der Waals surface area (Å²) >= 11 is 0. The average molecular weight is 242 g/mol. The fraction of sp³-hybridized carbons (Fsp3) is 0.462. The van der Waals surface area contributed by atoms with E-state index in [0.29, 0.717) is 5.56 Å². The van der Waals surface area contributed by atoms with E-state index >= 15 is 0 Å². The zero-order valence-electron chi connectivity index (χ0n) is 9.42. The lowest BCUT2D eigenvalue weighted by atomic mass is 9.92. The van der Waals surface area contributed by atoms with Gasteiger partial charge < -0.3 is 4.79 Å². The molecule has 92 valence electrons. The maximum Gasteiger partial charge on any atom is 0.398 e. The third kappa shape index (κ3) is 1.96. The van der Waals surface area contributed by atoms with E-state index < -0.39 is 11.6 Å². The number of aldehydes is 1. The molecule has 1 aromatic carbocycles. The van der Waals surface area contributed by atoms with Crippen LogP contribution < -0.4 is 0 Å². The lowest BCUT2D eigenvalue weighted by molar-refractivity contribution is -0.160. The third-order valence-corrected chi connectivity index (χ3v) is 3.49. The zero-order valence-corrected chi connectivity index (χ0v) is 9.42. The second kappa shape index (κ2) is 3.86. The van der Waals surface area contributed by atoms with E-state index in [0.717, 1.165) is 11.8 Å². The molecule has 1 aliphatic carbocycles. The summed E-state index contributed by atoms with van der Waals surface area (Å²) in [4.78, 5) is 10.6. The van der Waals surface area contributed by atoms with Gasteiger partial charge in [-0.2, -0.15) is 13.2 Å². The summed E-state index contributed by atoms with van der Waals surface area (Å²) < 4.78 is 38.6. The molecule has 1 aliphatic rings. The van der Waals surface area contributed by atoms with Crippen LogP contribution in [0.15, 0.2) is 24.3 Å². The van der Waals surface area contributed by atoms with Crippen LogP contribution in [0.2, 0.25) is 0 Å². The predicted molar refractivity (Wildman–Crippen MR) is 57.9 cm³/mol. The Balaban J connectivity index is 2.28. The van der Waals surface area contributed by atoms with Gasteiger partial charge in [0.1, 0.15) is 6.29 Å². The fourth-order valence-electron chi connectivity index (χ4n) is 2.05. The van der Waals surface area contributed by atoms with Crippen LogP contribution in [0, 0.1) is 0 Å². The molecule has 0 bridgehead atoms. The normalized spacial score (nSPS) is 19.8. The first-order valence-corrected chi connectivity index (χ1v) is 5.53. The van der Waals surface area contributed by atoms with Crippen molar-refractivity contribution in [2.75, 3.05) is 0 Å². The molecule has 2 rings (SSSR count). The molecule has 0 aromatic heterocycles. The molecule has 1 aromatic rings. The summed E-state index contributed by atoms with van der Waals surface area (Å²) in [6.07, 6.45) is -3.06. The molecule has 1 atom stereocenters. The largest absolute Gasteiger partial charge is 0.398 e. The Kier molecular flexibility index (Phi) is 2.76. The van der Waals surface area contributed by atoms with Gasteiger partial charge in [0.25, 0.3) is 0 Å². The highest BCUT2D eigenvalue weighted by atomic mass is 19.4. The topological polar surface area (TPSA) is 17.1 Å². The zero-order chi connectivity index (χ0) is 12.7. The first-order chi connectivity index (χ1) is 7.90. The highest BCUT2D eigenvalue weighted by Crippen LogP contribution is 2.58. The number of alkyl halides is 3. The summed E-state index contributed by atoms with van der Waals surface area (Å²) in [5, 5.41) is 0. The van der Waals surface area contributed by atoms with E-state index in [9.17, 15) is 18.0 Å². The number of benzene rings is 1. The number of carbonyl (C=O) groups is 1. The van der Waals surface area contributed by atoms with Crippen molar-refractivity contribution < 1.29 is 18.0 Å². The van der Waals surface area contributed by atoms with Gasteiger partial charge >= 0.3 is 6.18 Å². The van der Waals surface area contributed by atoms with Gasteiger partial charge in [-0.3, -0.25) is 0 Å². The third-order valence-electron chi connectivity index (χ3n) is 3.49. The summed E-state index contributed by atoms with van der Waals surface area (Å²) in [5.74, 6) is -0.273. The van der Waals surface area contributed by atoms with E-state index in [1.165, 1.54) is 12.1 Å². The van der Waals surface area contributed by atoms with Gasteiger partial charge in [0, 0.05) is 5.92 Å². The van der Waals surface area contributed by atoms with Crippen molar-refractivity contribution in [3.63, 3.8) is 0 Å². The van der Waals surface area contributed by atoms with Crippen LogP contribution in [0.25, 0.3) is 0 Å². The lowest BCUT2D eigenvalue weighted by Crippen LogP contribution is -2.28. The second-order valence-corrected chi connectivity index (χ2v) is 4.63. The van der Waals surface area contributed by atoms with E-state index in [1.54, 1.807) is 19.1 Å². The molecule has 4 heteroatoms. The summed E-state index contributed by atoms with van der Waals surface area (Å²) in [6, 6.07) is 6.21.